The van der Waals surface area contributed by atoms with E-state index in [0.29, 0.717) is 18.1 Å². The standard InChI is InChI=1S/C12H14ClNO2/c1-7-2-3-8(13)4-9(7)10-5-14-6-11(10)12(15)16/h2-4,10-11,14H,5-6H2,1H3,(H,15,16). The first-order valence-electron chi connectivity index (χ1n) is 5.29. The number of nitrogens with one attached hydrogen (secondary N) is 1. The largest absolute Gasteiger partial charge is 0.481 e. The lowest BCUT2D eigenvalue weighted by Crippen LogP contribution is -2.21. The van der Waals surface area contributed by atoms with E-state index >= 15 is 0 Å². The van der Waals surface area contributed by atoms with Crippen molar-refractivity contribution in [2.24, 2.45) is 5.92 Å². The summed E-state index contributed by atoms with van der Waals surface area (Å²) in [6.45, 7) is 3.23. The fraction of sp³-hybridized carbons (Fsp3) is 0.417. The highest BCUT2D eigenvalue weighted by atomic mass is 35.5. The second kappa shape index (κ2) is 4.44. The fourth-order valence-electron chi connectivity index (χ4n) is 2.28. The molecule has 1 aliphatic heterocycles. The van der Waals surface area contributed by atoms with E-state index in [2.05, 4.69) is 5.32 Å². The van der Waals surface area contributed by atoms with E-state index < -0.39 is 5.97 Å². The Hall–Kier alpha value is -1.06. The number of benzene rings is 1. The topological polar surface area (TPSA) is 49.3 Å². The van der Waals surface area contributed by atoms with Gasteiger partial charge in [-0.1, -0.05) is 17.7 Å². The van der Waals surface area contributed by atoms with E-state index in [4.69, 9.17) is 16.7 Å². The number of rotatable bonds is 2. The maximum atomic E-state index is 11.1. The first-order chi connectivity index (χ1) is 7.59. The third-order valence-corrected chi connectivity index (χ3v) is 3.41. The maximum Gasteiger partial charge on any atom is 0.308 e. The number of hydrogen-bond acceptors (Lipinski definition) is 2. The number of halogens is 1. The van der Waals surface area contributed by atoms with Crippen LogP contribution in [0.3, 0.4) is 0 Å². The second-order valence-corrected chi connectivity index (χ2v) is 4.65. The van der Waals surface area contributed by atoms with Crippen LogP contribution in [0.4, 0.5) is 0 Å². The summed E-state index contributed by atoms with van der Waals surface area (Å²) in [5, 5.41) is 12.9. The van der Waals surface area contributed by atoms with Crippen LogP contribution in [0.2, 0.25) is 5.02 Å². The van der Waals surface area contributed by atoms with Crippen molar-refractivity contribution in [2.75, 3.05) is 13.1 Å². The highest BCUT2D eigenvalue weighted by Crippen LogP contribution is 2.32. The lowest BCUT2D eigenvalue weighted by Gasteiger charge is -2.17. The molecule has 1 aromatic rings. The monoisotopic (exact) mass is 239 g/mol. The summed E-state index contributed by atoms with van der Waals surface area (Å²) in [7, 11) is 0. The molecule has 2 atom stereocenters. The fourth-order valence-corrected chi connectivity index (χ4v) is 2.46. The van der Waals surface area contributed by atoms with Crippen LogP contribution in [-0.2, 0) is 4.79 Å². The Morgan fingerprint density at radius 3 is 2.94 bits per heavy atom. The molecule has 0 aromatic heterocycles. The van der Waals surface area contributed by atoms with E-state index in [9.17, 15) is 4.79 Å². The minimum Gasteiger partial charge on any atom is -0.481 e. The van der Waals surface area contributed by atoms with Gasteiger partial charge in [-0.05, 0) is 30.2 Å². The zero-order chi connectivity index (χ0) is 11.7. The molecule has 0 spiro atoms. The Balaban J connectivity index is 2.35. The van der Waals surface area contributed by atoms with Gasteiger partial charge in [0.05, 0.1) is 5.92 Å². The van der Waals surface area contributed by atoms with Crippen LogP contribution in [0.1, 0.15) is 17.0 Å². The molecule has 4 heteroatoms. The molecule has 2 unspecified atom stereocenters. The summed E-state index contributed by atoms with van der Waals surface area (Å²) < 4.78 is 0. The van der Waals surface area contributed by atoms with Gasteiger partial charge >= 0.3 is 5.97 Å². The van der Waals surface area contributed by atoms with Gasteiger partial charge in [0, 0.05) is 24.0 Å². The smallest absolute Gasteiger partial charge is 0.308 e. The van der Waals surface area contributed by atoms with Crippen molar-refractivity contribution in [3.8, 4) is 0 Å². The molecule has 0 amide bonds. The molecule has 0 aliphatic carbocycles. The van der Waals surface area contributed by atoms with E-state index in [1.54, 1.807) is 0 Å². The van der Waals surface area contributed by atoms with Gasteiger partial charge in [0.1, 0.15) is 0 Å². The van der Waals surface area contributed by atoms with Crippen LogP contribution < -0.4 is 5.32 Å². The number of aliphatic carboxylic acids is 1. The van der Waals surface area contributed by atoms with Crippen LogP contribution in [0, 0.1) is 12.8 Å². The molecule has 2 N–H and O–H groups in total. The molecule has 1 saturated heterocycles. The van der Waals surface area contributed by atoms with Gasteiger partial charge < -0.3 is 10.4 Å². The van der Waals surface area contributed by atoms with Crippen molar-refractivity contribution >= 4 is 17.6 Å². The van der Waals surface area contributed by atoms with E-state index in [1.165, 1.54) is 0 Å². The molecule has 1 aliphatic rings. The van der Waals surface area contributed by atoms with Crippen molar-refractivity contribution in [2.45, 2.75) is 12.8 Å². The predicted molar refractivity (Wildman–Crippen MR) is 62.9 cm³/mol. The number of hydrogen-bond donors (Lipinski definition) is 2. The van der Waals surface area contributed by atoms with Crippen LogP contribution in [0.5, 0.6) is 0 Å². The van der Waals surface area contributed by atoms with Crippen LogP contribution in [-0.4, -0.2) is 24.2 Å². The van der Waals surface area contributed by atoms with Gasteiger partial charge in [-0.15, -0.1) is 0 Å². The highest BCUT2D eigenvalue weighted by molar-refractivity contribution is 6.30. The van der Waals surface area contributed by atoms with Crippen molar-refractivity contribution < 1.29 is 9.90 Å². The summed E-state index contributed by atoms with van der Waals surface area (Å²) in [5.41, 5.74) is 2.15. The number of carbonyl (C=O) groups is 1. The SMILES string of the molecule is Cc1ccc(Cl)cc1C1CNCC1C(=O)O. The summed E-state index contributed by atoms with van der Waals surface area (Å²) in [4.78, 5) is 11.1. The molecule has 2 rings (SSSR count). The van der Waals surface area contributed by atoms with Crippen molar-refractivity contribution in [3.05, 3.63) is 34.3 Å². The molecule has 0 bridgehead atoms. The molecular weight excluding hydrogens is 226 g/mol. The Morgan fingerprint density at radius 1 is 1.50 bits per heavy atom. The summed E-state index contributed by atoms with van der Waals surface area (Å²) >= 11 is 5.95. The van der Waals surface area contributed by atoms with Crippen LogP contribution in [0.15, 0.2) is 18.2 Å². The summed E-state index contributed by atoms with van der Waals surface area (Å²) in [6, 6.07) is 5.65. The Labute approximate surface area is 99.4 Å². The molecule has 16 heavy (non-hydrogen) atoms. The van der Waals surface area contributed by atoms with Gasteiger partial charge in [-0.3, -0.25) is 4.79 Å². The minimum atomic E-state index is -0.741. The van der Waals surface area contributed by atoms with E-state index in [1.807, 2.05) is 25.1 Å². The number of carboxylic acid groups (broad SMARTS) is 1. The van der Waals surface area contributed by atoms with Crippen LogP contribution in [0.25, 0.3) is 0 Å². The first kappa shape index (κ1) is 11.4. The molecule has 0 radical (unpaired) electrons. The van der Waals surface area contributed by atoms with Crippen LogP contribution >= 0.6 is 11.6 Å². The predicted octanol–water partition coefficient (Wildman–Crippen LogP) is 2.04. The minimum absolute atomic E-state index is 0.0243. The van der Waals surface area contributed by atoms with Gasteiger partial charge in [0.15, 0.2) is 0 Å². The Bertz CT molecular complexity index is 419. The van der Waals surface area contributed by atoms with Crippen molar-refractivity contribution in [3.63, 3.8) is 0 Å². The summed E-state index contributed by atoms with van der Waals surface area (Å²) in [5.74, 6) is -1.07. The maximum absolute atomic E-state index is 11.1. The second-order valence-electron chi connectivity index (χ2n) is 4.21. The third kappa shape index (κ3) is 2.06. The molecular formula is C12H14ClNO2. The molecule has 1 fully saturated rings. The van der Waals surface area contributed by atoms with Gasteiger partial charge in [-0.2, -0.15) is 0 Å². The summed E-state index contributed by atoms with van der Waals surface area (Å²) in [6.07, 6.45) is 0. The molecule has 86 valence electrons. The molecule has 1 aromatic carbocycles. The zero-order valence-electron chi connectivity index (χ0n) is 9.03. The average Bonchev–Trinajstić information content (AvgIpc) is 2.70. The molecule has 0 saturated carbocycles. The van der Waals surface area contributed by atoms with E-state index in [-0.39, 0.29) is 11.8 Å². The van der Waals surface area contributed by atoms with Gasteiger partial charge in [0.25, 0.3) is 0 Å². The highest BCUT2D eigenvalue weighted by Gasteiger charge is 2.34. The molecule has 1 heterocycles. The van der Waals surface area contributed by atoms with Gasteiger partial charge in [0.2, 0.25) is 0 Å². The first-order valence-corrected chi connectivity index (χ1v) is 5.67. The zero-order valence-corrected chi connectivity index (χ0v) is 9.79. The van der Waals surface area contributed by atoms with Crippen molar-refractivity contribution in [1.82, 2.24) is 5.32 Å². The quantitative estimate of drug-likeness (QED) is 0.830. The Kier molecular flexibility index (Phi) is 3.17. The van der Waals surface area contributed by atoms with Gasteiger partial charge in [-0.25, -0.2) is 0 Å². The van der Waals surface area contributed by atoms with Crippen molar-refractivity contribution in [1.29, 1.82) is 0 Å². The third-order valence-electron chi connectivity index (χ3n) is 3.17. The number of carboxylic acids is 1. The number of aryl methyl sites for hydroxylation is 1. The Morgan fingerprint density at radius 2 is 2.25 bits per heavy atom. The lowest BCUT2D eigenvalue weighted by molar-refractivity contribution is -0.141. The van der Waals surface area contributed by atoms with E-state index in [0.717, 1.165) is 11.1 Å². The average molecular weight is 240 g/mol. The molecule has 3 nitrogen and oxygen atoms in total. The normalized spacial score (nSPS) is 24.6. The lowest BCUT2D eigenvalue weighted by atomic mass is 9.86.